The Balaban J connectivity index is 1.01. The molecule has 0 amide bonds. The highest BCUT2D eigenvalue weighted by atomic mass is 32.1. The summed E-state index contributed by atoms with van der Waals surface area (Å²) < 4.78 is 11.8. The Morgan fingerprint density at radius 1 is 0.333 bits per heavy atom. The van der Waals surface area contributed by atoms with Crippen LogP contribution in [0.4, 0.5) is 0 Å². The molecule has 6 heteroatoms. The zero-order chi connectivity index (χ0) is 37.5. The number of benzene rings is 8. The maximum atomic E-state index is 6.75. The minimum absolute atomic E-state index is 0.627. The van der Waals surface area contributed by atoms with E-state index in [1.54, 1.807) is 11.3 Å². The Kier molecular flexibility index (Phi) is 7.24. The van der Waals surface area contributed by atoms with E-state index in [4.69, 9.17) is 19.4 Å². The Labute approximate surface area is 335 Å². The average molecular weight is 764 g/mol. The van der Waals surface area contributed by atoms with Crippen molar-refractivity contribution in [3.8, 4) is 56.4 Å². The number of para-hydroxylation sites is 1. The molecule has 0 aliphatic rings. The van der Waals surface area contributed by atoms with E-state index in [2.05, 4.69) is 152 Å². The lowest BCUT2D eigenvalue weighted by molar-refractivity contribution is 0.670. The molecule has 12 aromatic rings. The highest BCUT2D eigenvalue weighted by molar-refractivity contribution is 7.26. The van der Waals surface area contributed by atoms with Gasteiger partial charge in [0.05, 0.1) is 0 Å². The zero-order valence-electron chi connectivity index (χ0n) is 30.3. The summed E-state index contributed by atoms with van der Waals surface area (Å²) in [6.07, 6.45) is 0. The van der Waals surface area contributed by atoms with Gasteiger partial charge in [0.1, 0.15) is 11.2 Å². The molecular formula is C51H29N3OS2. The summed E-state index contributed by atoms with van der Waals surface area (Å²) in [4.78, 5) is 15.3. The quantitative estimate of drug-likeness (QED) is 0.175. The topological polar surface area (TPSA) is 51.8 Å². The highest BCUT2D eigenvalue weighted by Crippen LogP contribution is 2.46. The lowest BCUT2D eigenvalue weighted by atomic mass is 9.93. The molecule has 4 heterocycles. The second kappa shape index (κ2) is 12.8. The predicted molar refractivity (Wildman–Crippen MR) is 240 cm³/mol. The van der Waals surface area contributed by atoms with E-state index in [0.29, 0.717) is 17.5 Å². The predicted octanol–water partition coefficient (Wildman–Crippen LogP) is 14.8. The number of nitrogens with zero attached hydrogens (tertiary/aromatic N) is 3. The van der Waals surface area contributed by atoms with Crippen molar-refractivity contribution in [3.63, 3.8) is 0 Å². The smallest absolute Gasteiger partial charge is 0.164 e. The molecule has 0 aliphatic heterocycles. The number of hydrogen-bond acceptors (Lipinski definition) is 6. The summed E-state index contributed by atoms with van der Waals surface area (Å²) in [7, 11) is 0. The summed E-state index contributed by atoms with van der Waals surface area (Å²) >= 11 is 3.65. The first-order valence-electron chi connectivity index (χ1n) is 18.9. The first-order chi connectivity index (χ1) is 28.2. The van der Waals surface area contributed by atoms with E-state index in [1.807, 2.05) is 35.6 Å². The van der Waals surface area contributed by atoms with Gasteiger partial charge in [0.25, 0.3) is 0 Å². The molecule has 4 aromatic heterocycles. The third kappa shape index (κ3) is 5.15. The van der Waals surface area contributed by atoms with Crippen LogP contribution in [0.2, 0.25) is 0 Å². The van der Waals surface area contributed by atoms with Gasteiger partial charge in [-0.3, -0.25) is 0 Å². The van der Waals surface area contributed by atoms with Crippen molar-refractivity contribution in [3.05, 3.63) is 176 Å². The third-order valence-corrected chi connectivity index (χ3v) is 13.3. The van der Waals surface area contributed by atoms with Gasteiger partial charge in [-0.25, -0.2) is 15.0 Å². The second-order valence-corrected chi connectivity index (χ2v) is 16.4. The summed E-state index contributed by atoms with van der Waals surface area (Å²) in [5, 5.41) is 7.20. The minimum atomic E-state index is 0.627. The number of thiophene rings is 2. The van der Waals surface area contributed by atoms with Gasteiger partial charge in [0, 0.05) is 78.9 Å². The number of aromatic nitrogens is 3. The molecule has 0 bridgehead atoms. The monoisotopic (exact) mass is 763 g/mol. The fourth-order valence-corrected chi connectivity index (χ4v) is 10.7. The van der Waals surface area contributed by atoms with Crippen LogP contribution < -0.4 is 0 Å². The first-order valence-corrected chi connectivity index (χ1v) is 20.6. The number of rotatable bonds is 5. The molecule has 12 rings (SSSR count). The highest BCUT2D eigenvalue weighted by Gasteiger charge is 2.21. The van der Waals surface area contributed by atoms with Crippen LogP contribution in [-0.2, 0) is 0 Å². The molecule has 0 atom stereocenters. The van der Waals surface area contributed by atoms with Crippen LogP contribution >= 0.6 is 22.7 Å². The van der Waals surface area contributed by atoms with Crippen molar-refractivity contribution in [2.75, 3.05) is 0 Å². The lowest BCUT2D eigenvalue weighted by Gasteiger charge is -2.11. The van der Waals surface area contributed by atoms with Crippen LogP contribution in [0.5, 0.6) is 0 Å². The molecule has 0 saturated carbocycles. The van der Waals surface area contributed by atoms with E-state index in [1.165, 1.54) is 51.5 Å². The number of fused-ring (bicyclic) bond motifs is 9. The maximum Gasteiger partial charge on any atom is 0.164 e. The second-order valence-electron chi connectivity index (χ2n) is 14.3. The number of furan rings is 1. The van der Waals surface area contributed by atoms with Crippen LogP contribution in [0.25, 0.3) is 119 Å². The summed E-state index contributed by atoms with van der Waals surface area (Å²) in [5.41, 5.74) is 9.10. The van der Waals surface area contributed by atoms with Crippen LogP contribution in [0, 0.1) is 0 Å². The van der Waals surface area contributed by atoms with E-state index >= 15 is 0 Å². The van der Waals surface area contributed by atoms with E-state index in [-0.39, 0.29) is 0 Å². The lowest BCUT2D eigenvalue weighted by Crippen LogP contribution is -2.00. The molecule has 57 heavy (non-hydrogen) atoms. The molecule has 0 N–H and O–H groups in total. The Morgan fingerprint density at radius 2 is 0.912 bits per heavy atom. The molecule has 0 aliphatic carbocycles. The molecule has 0 fully saturated rings. The van der Waals surface area contributed by atoms with Crippen LogP contribution in [0.15, 0.2) is 180 Å². The zero-order valence-corrected chi connectivity index (χ0v) is 31.9. The molecule has 8 aromatic carbocycles. The SMILES string of the molecule is c1ccc(-c2nc(-c3ccc(-c4ccc(-c5cccc6c5sc5ccccc56)c5c4oc4ccccc45)cc3)nc(-c3cccc4sc5ccccc5c34)n2)cc1. The maximum absolute atomic E-state index is 6.75. The summed E-state index contributed by atoms with van der Waals surface area (Å²) in [6.45, 7) is 0. The normalized spacial score (nSPS) is 11.9. The van der Waals surface area contributed by atoms with Gasteiger partial charge in [-0.15, -0.1) is 22.7 Å². The van der Waals surface area contributed by atoms with E-state index < -0.39 is 0 Å². The van der Waals surface area contributed by atoms with Gasteiger partial charge < -0.3 is 4.42 Å². The van der Waals surface area contributed by atoms with Gasteiger partial charge in [-0.05, 0) is 41.5 Å². The average Bonchev–Trinajstić information content (AvgIpc) is 3.98. The molecule has 0 saturated heterocycles. The fourth-order valence-electron chi connectivity index (χ4n) is 8.34. The van der Waals surface area contributed by atoms with Crippen molar-refractivity contribution in [1.82, 2.24) is 15.0 Å². The molecule has 0 unspecified atom stereocenters. The van der Waals surface area contributed by atoms with Gasteiger partial charge in [0.2, 0.25) is 0 Å². The molecule has 4 nitrogen and oxygen atoms in total. The summed E-state index contributed by atoms with van der Waals surface area (Å²) in [5.74, 6) is 1.93. The van der Waals surface area contributed by atoms with E-state index in [9.17, 15) is 0 Å². The van der Waals surface area contributed by atoms with Crippen molar-refractivity contribution in [2.24, 2.45) is 0 Å². The fraction of sp³-hybridized carbons (Fsp3) is 0. The van der Waals surface area contributed by atoms with Crippen LogP contribution in [0.3, 0.4) is 0 Å². The molecule has 266 valence electrons. The van der Waals surface area contributed by atoms with Gasteiger partial charge in [0.15, 0.2) is 17.5 Å². The molecular weight excluding hydrogens is 735 g/mol. The van der Waals surface area contributed by atoms with Gasteiger partial charge in [-0.1, -0.05) is 146 Å². The minimum Gasteiger partial charge on any atom is -0.455 e. The Hall–Kier alpha value is -6.99. The molecule has 0 spiro atoms. The van der Waals surface area contributed by atoms with Gasteiger partial charge >= 0.3 is 0 Å². The third-order valence-electron chi connectivity index (χ3n) is 11.0. The Morgan fingerprint density at radius 3 is 1.74 bits per heavy atom. The van der Waals surface area contributed by atoms with Crippen LogP contribution in [0.1, 0.15) is 0 Å². The Bertz CT molecular complexity index is 3530. The first kappa shape index (κ1) is 32.3. The summed E-state index contributed by atoms with van der Waals surface area (Å²) in [6, 6.07) is 61.8. The van der Waals surface area contributed by atoms with Crippen LogP contribution in [-0.4, -0.2) is 15.0 Å². The standard InChI is InChI=1S/C51H29N3OS2/c1-2-12-31(13-3-1)49-52-50(54-51(53-49)40-19-11-23-44-45(40)39-16-6-9-22-43(39)56-44)32-26-24-30(25-27-32)33-28-29-35(46-38-15-4-7-20-41(38)55-47(33)46)37-18-10-17-36-34-14-5-8-21-42(34)57-48(36)37/h1-29H. The van der Waals surface area contributed by atoms with Crippen molar-refractivity contribution >= 4 is 85.0 Å². The van der Waals surface area contributed by atoms with Crippen molar-refractivity contribution in [1.29, 1.82) is 0 Å². The van der Waals surface area contributed by atoms with Gasteiger partial charge in [-0.2, -0.15) is 0 Å². The van der Waals surface area contributed by atoms with E-state index in [0.717, 1.165) is 49.8 Å². The largest absolute Gasteiger partial charge is 0.455 e. The van der Waals surface area contributed by atoms with Crippen molar-refractivity contribution in [2.45, 2.75) is 0 Å². The number of hydrogen-bond donors (Lipinski definition) is 0. The molecule has 0 radical (unpaired) electrons. The van der Waals surface area contributed by atoms with Crippen molar-refractivity contribution < 1.29 is 4.42 Å².